The van der Waals surface area contributed by atoms with Crippen molar-refractivity contribution in [2.45, 2.75) is 37.3 Å². The minimum Gasteiger partial charge on any atom is -0.388 e. The highest BCUT2D eigenvalue weighted by molar-refractivity contribution is 5.02. The van der Waals surface area contributed by atoms with Crippen LogP contribution in [0.1, 0.15) is 25.7 Å². The van der Waals surface area contributed by atoms with Crippen LogP contribution >= 0.6 is 0 Å². The molecular formula is C12H21NO. The number of likely N-dealkylation sites (tertiary alicyclic amines) is 1. The molecule has 0 amide bonds. The lowest BCUT2D eigenvalue weighted by molar-refractivity contribution is -0.0216. The van der Waals surface area contributed by atoms with E-state index in [0.29, 0.717) is 12.8 Å². The van der Waals surface area contributed by atoms with Crippen LogP contribution < -0.4 is 0 Å². The third-order valence-electron chi connectivity index (χ3n) is 3.14. The number of rotatable bonds is 5. The van der Waals surface area contributed by atoms with Crippen LogP contribution in [-0.4, -0.2) is 35.2 Å². The molecule has 0 aliphatic carbocycles. The van der Waals surface area contributed by atoms with Crippen molar-refractivity contribution in [3.05, 3.63) is 25.3 Å². The fourth-order valence-electron chi connectivity index (χ4n) is 2.44. The quantitative estimate of drug-likeness (QED) is 0.678. The van der Waals surface area contributed by atoms with Crippen LogP contribution in [0.25, 0.3) is 0 Å². The lowest BCUT2D eigenvalue weighted by Crippen LogP contribution is -2.47. The second-order valence-corrected chi connectivity index (χ2v) is 4.23. The fourth-order valence-corrected chi connectivity index (χ4v) is 2.44. The Morgan fingerprint density at radius 3 is 2.36 bits per heavy atom. The molecule has 0 aromatic heterocycles. The van der Waals surface area contributed by atoms with Gasteiger partial charge in [0.2, 0.25) is 0 Å². The summed E-state index contributed by atoms with van der Waals surface area (Å²) in [6.07, 6.45) is 7.15. The first-order valence-electron chi connectivity index (χ1n) is 5.28. The predicted octanol–water partition coefficient (Wildman–Crippen LogP) is 1.96. The highest BCUT2D eigenvalue weighted by Gasteiger charge is 2.39. The van der Waals surface area contributed by atoms with Crippen molar-refractivity contribution >= 4 is 0 Å². The van der Waals surface area contributed by atoms with E-state index in [1.165, 1.54) is 6.42 Å². The van der Waals surface area contributed by atoms with Crippen molar-refractivity contribution in [1.82, 2.24) is 4.90 Å². The van der Waals surface area contributed by atoms with E-state index in [0.717, 1.165) is 13.0 Å². The summed E-state index contributed by atoms with van der Waals surface area (Å²) in [6.45, 7) is 8.51. The molecule has 1 rings (SSSR count). The average Bonchev–Trinajstić information content (AvgIpc) is 2.52. The van der Waals surface area contributed by atoms with Crippen molar-refractivity contribution < 1.29 is 5.11 Å². The minimum absolute atomic E-state index is 0.262. The van der Waals surface area contributed by atoms with Gasteiger partial charge in [-0.25, -0.2) is 0 Å². The molecule has 1 N–H and O–H groups in total. The summed E-state index contributed by atoms with van der Waals surface area (Å²) in [7, 11) is 2.08. The van der Waals surface area contributed by atoms with E-state index in [4.69, 9.17) is 0 Å². The van der Waals surface area contributed by atoms with Crippen molar-refractivity contribution in [3.63, 3.8) is 0 Å². The van der Waals surface area contributed by atoms with E-state index in [-0.39, 0.29) is 6.04 Å². The van der Waals surface area contributed by atoms with Crippen molar-refractivity contribution in [1.29, 1.82) is 0 Å². The van der Waals surface area contributed by atoms with Gasteiger partial charge in [-0.2, -0.15) is 0 Å². The van der Waals surface area contributed by atoms with E-state index in [1.54, 1.807) is 12.2 Å². The molecule has 1 atom stereocenters. The zero-order valence-electron chi connectivity index (χ0n) is 9.08. The molecule has 14 heavy (non-hydrogen) atoms. The monoisotopic (exact) mass is 195 g/mol. The van der Waals surface area contributed by atoms with Gasteiger partial charge in [0.25, 0.3) is 0 Å². The van der Waals surface area contributed by atoms with E-state index in [1.807, 2.05) is 0 Å². The maximum Gasteiger partial charge on any atom is 0.0870 e. The van der Waals surface area contributed by atoms with Gasteiger partial charge in [0.15, 0.2) is 0 Å². The van der Waals surface area contributed by atoms with E-state index in [2.05, 4.69) is 25.1 Å². The fraction of sp³-hybridized carbons (Fsp3) is 0.667. The molecule has 1 unspecified atom stereocenters. The standard InChI is InChI=1S/C12H21NO/c1-4-8-12(14,9-5-2)11-7-6-10-13(11)3/h4-5,11,14H,1-2,6-10H2,3H3. The van der Waals surface area contributed by atoms with Gasteiger partial charge in [-0.05, 0) is 39.3 Å². The predicted molar refractivity (Wildman–Crippen MR) is 60.2 cm³/mol. The average molecular weight is 195 g/mol. The molecule has 2 heteroatoms. The zero-order valence-corrected chi connectivity index (χ0v) is 9.08. The Labute approximate surface area is 86.9 Å². The lowest BCUT2D eigenvalue weighted by Gasteiger charge is -2.36. The van der Waals surface area contributed by atoms with Gasteiger partial charge in [0.1, 0.15) is 0 Å². The normalized spacial score (nSPS) is 23.7. The van der Waals surface area contributed by atoms with Gasteiger partial charge in [0.05, 0.1) is 5.60 Å². The second-order valence-electron chi connectivity index (χ2n) is 4.23. The summed E-state index contributed by atoms with van der Waals surface area (Å²) in [5.41, 5.74) is -0.658. The van der Waals surface area contributed by atoms with Crippen molar-refractivity contribution in [2.75, 3.05) is 13.6 Å². The number of nitrogens with zero attached hydrogens (tertiary/aromatic N) is 1. The summed E-state index contributed by atoms with van der Waals surface area (Å²) in [4.78, 5) is 2.24. The molecule has 80 valence electrons. The highest BCUT2D eigenvalue weighted by Crippen LogP contribution is 2.31. The minimum atomic E-state index is -0.658. The molecule has 2 nitrogen and oxygen atoms in total. The number of hydrogen-bond donors (Lipinski definition) is 1. The topological polar surface area (TPSA) is 23.5 Å². The third-order valence-corrected chi connectivity index (χ3v) is 3.14. The Hall–Kier alpha value is -0.600. The molecule has 1 aliphatic rings. The van der Waals surface area contributed by atoms with Crippen LogP contribution in [0.2, 0.25) is 0 Å². The van der Waals surface area contributed by atoms with Crippen LogP contribution in [0, 0.1) is 0 Å². The number of hydrogen-bond acceptors (Lipinski definition) is 2. The summed E-state index contributed by atoms with van der Waals surface area (Å²) in [5, 5.41) is 10.5. The van der Waals surface area contributed by atoms with Crippen LogP contribution in [0.5, 0.6) is 0 Å². The zero-order chi connectivity index (χ0) is 10.6. The molecule has 1 fully saturated rings. The molecule has 0 spiro atoms. The van der Waals surface area contributed by atoms with Crippen LogP contribution in [0.3, 0.4) is 0 Å². The molecule has 0 aromatic rings. The van der Waals surface area contributed by atoms with Gasteiger partial charge >= 0.3 is 0 Å². The van der Waals surface area contributed by atoms with E-state index >= 15 is 0 Å². The molecule has 1 heterocycles. The Bertz CT molecular complexity index is 202. The molecule has 0 saturated carbocycles. The maximum atomic E-state index is 10.5. The Morgan fingerprint density at radius 1 is 1.43 bits per heavy atom. The van der Waals surface area contributed by atoms with Crippen LogP contribution in [0.4, 0.5) is 0 Å². The molecule has 0 radical (unpaired) electrons. The molecule has 0 aromatic carbocycles. The van der Waals surface area contributed by atoms with Crippen LogP contribution in [0.15, 0.2) is 25.3 Å². The first-order chi connectivity index (χ1) is 6.64. The maximum absolute atomic E-state index is 10.5. The van der Waals surface area contributed by atoms with Crippen LogP contribution in [-0.2, 0) is 0 Å². The van der Waals surface area contributed by atoms with Gasteiger partial charge in [-0.15, -0.1) is 13.2 Å². The number of likely N-dealkylation sites (N-methyl/N-ethyl adjacent to an activating group) is 1. The van der Waals surface area contributed by atoms with Gasteiger partial charge in [-0.1, -0.05) is 12.2 Å². The summed E-state index contributed by atoms with van der Waals surface area (Å²) < 4.78 is 0. The first-order valence-corrected chi connectivity index (χ1v) is 5.28. The second kappa shape index (κ2) is 4.76. The first kappa shape index (κ1) is 11.5. The third kappa shape index (κ3) is 2.25. The van der Waals surface area contributed by atoms with Gasteiger partial charge in [0, 0.05) is 6.04 Å². The van der Waals surface area contributed by atoms with Gasteiger partial charge < -0.3 is 10.0 Å². The Morgan fingerprint density at radius 2 is 2.00 bits per heavy atom. The summed E-state index contributed by atoms with van der Waals surface area (Å²) in [5.74, 6) is 0. The van der Waals surface area contributed by atoms with E-state index in [9.17, 15) is 5.11 Å². The van der Waals surface area contributed by atoms with Crippen molar-refractivity contribution in [2.24, 2.45) is 0 Å². The van der Waals surface area contributed by atoms with E-state index < -0.39 is 5.60 Å². The van der Waals surface area contributed by atoms with Crippen molar-refractivity contribution in [3.8, 4) is 0 Å². The smallest absolute Gasteiger partial charge is 0.0870 e. The summed E-state index contributed by atoms with van der Waals surface area (Å²) in [6, 6.07) is 0.262. The Kier molecular flexibility index (Phi) is 3.90. The number of aliphatic hydroxyl groups is 1. The SMILES string of the molecule is C=CCC(O)(CC=C)C1CCCN1C. The van der Waals surface area contributed by atoms with Gasteiger partial charge in [-0.3, -0.25) is 0 Å². The molecule has 1 aliphatic heterocycles. The molecular weight excluding hydrogens is 174 g/mol. The summed E-state index contributed by atoms with van der Waals surface area (Å²) >= 11 is 0. The lowest BCUT2D eigenvalue weighted by atomic mass is 9.86. The molecule has 1 saturated heterocycles. The highest BCUT2D eigenvalue weighted by atomic mass is 16.3. The Balaban J connectivity index is 2.73. The molecule has 0 bridgehead atoms. The largest absolute Gasteiger partial charge is 0.388 e.